The first-order valence-electron chi connectivity index (χ1n) is 5.39. The van der Waals surface area contributed by atoms with E-state index in [2.05, 4.69) is 4.74 Å². The van der Waals surface area contributed by atoms with Gasteiger partial charge in [0, 0.05) is 6.42 Å². The minimum Gasteiger partial charge on any atom is -0.480 e. The summed E-state index contributed by atoms with van der Waals surface area (Å²) in [6.07, 6.45) is -5.83. The average molecular weight is 300 g/mol. The van der Waals surface area contributed by atoms with Crippen LogP contribution in [0, 0.1) is 0 Å². The zero-order valence-electron chi connectivity index (χ0n) is 10.8. The summed E-state index contributed by atoms with van der Waals surface area (Å²) in [5.41, 5.74) is 1.62. The Balaban J connectivity index is 4.81. The van der Waals surface area contributed by atoms with Crippen LogP contribution in [-0.2, 0) is 19.1 Å². The third-order valence-electron chi connectivity index (χ3n) is 2.53. The third kappa shape index (κ3) is 4.68. The summed E-state index contributed by atoms with van der Waals surface area (Å²) in [5.74, 6) is -4.03. The number of hydrogen-bond acceptors (Lipinski definition) is 5. The molecular formula is C10H15F3N2O5. The number of carbonyl (C=O) groups excluding carboxylic acids is 2. The largest absolute Gasteiger partial charge is 0.480 e. The van der Waals surface area contributed by atoms with Crippen LogP contribution in [-0.4, -0.2) is 47.8 Å². The van der Waals surface area contributed by atoms with Gasteiger partial charge in [-0.15, -0.1) is 0 Å². The summed E-state index contributed by atoms with van der Waals surface area (Å²) in [7, 11) is 1.07. The van der Waals surface area contributed by atoms with Crippen molar-refractivity contribution in [3.8, 4) is 0 Å². The maximum absolute atomic E-state index is 12.5. The van der Waals surface area contributed by atoms with Gasteiger partial charge in [-0.05, 0) is 13.3 Å². The van der Waals surface area contributed by atoms with Gasteiger partial charge < -0.3 is 20.9 Å². The molecule has 0 aliphatic heterocycles. The number of carboxylic acid groups (broad SMARTS) is 1. The van der Waals surface area contributed by atoms with Gasteiger partial charge in [-0.2, -0.15) is 13.2 Å². The fourth-order valence-corrected chi connectivity index (χ4v) is 1.06. The molecule has 0 aromatic rings. The highest BCUT2D eigenvalue weighted by atomic mass is 19.4. The van der Waals surface area contributed by atoms with Crippen LogP contribution in [0.5, 0.6) is 0 Å². The van der Waals surface area contributed by atoms with Crippen LogP contribution >= 0.6 is 0 Å². The molecule has 0 saturated heterocycles. The summed E-state index contributed by atoms with van der Waals surface area (Å²) in [4.78, 5) is 33.1. The lowest BCUT2D eigenvalue weighted by Crippen LogP contribution is -2.63. The smallest absolute Gasteiger partial charge is 0.415 e. The van der Waals surface area contributed by atoms with Gasteiger partial charge in [-0.25, -0.2) is 4.79 Å². The Hall–Kier alpha value is -1.84. The molecule has 0 bridgehead atoms. The van der Waals surface area contributed by atoms with E-state index in [4.69, 9.17) is 10.8 Å². The van der Waals surface area contributed by atoms with Crippen molar-refractivity contribution in [1.29, 1.82) is 0 Å². The third-order valence-corrected chi connectivity index (χ3v) is 2.53. The number of carboxylic acids is 1. The van der Waals surface area contributed by atoms with E-state index in [0.717, 1.165) is 7.11 Å². The Labute approximate surface area is 112 Å². The number of esters is 1. The molecule has 2 atom stereocenters. The van der Waals surface area contributed by atoms with Gasteiger partial charge in [-0.1, -0.05) is 0 Å². The van der Waals surface area contributed by atoms with E-state index in [9.17, 15) is 27.6 Å². The van der Waals surface area contributed by atoms with Gasteiger partial charge >= 0.3 is 18.1 Å². The van der Waals surface area contributed by atoms with Crippen molar-refractivity contribution in [2.45, 2.75) is 37.5 Å². The minimum absolute atomic E-state index is 0.374. The van der Waals surface area contributed by atoms with Crippen molar-refractivity contribution in [2.24, 2.45) is 5.73 Å². The number of aliphatic carboxylic acids is 1. The molecule has 20 heavy (non-hydrogen) atoms. The number of halogens is 3. The van der Waals surface area contributed by atoms with Gasteiger partial charge in [-0.3, -0.25) is 9.59 Å². The van der Waals surface area contributed by atoms with E-state index in [1.165, 1.54) is 0 Å². The molecule has 0 saturated carbocycles. The molecule has 0 spiro atoms. The zero-order chi connectivity index (χ0) is 16.1. The zero-order valence-corrected chi connectivity index (χ0v) is 10.8. The summed E-state index contributed by atoms with van der Waals surface area (Å²) in [6.45, 7) is 0.418. The van der Waals surface area contributed by atoms with Gasteiger partial charge in [0.25, 0.3) is 0 Å². The molecule has 1 amide bonds. The first kappa shape index (κ1) is 18.2. The highest BCUT2D eigenvalue weighted by molar-refractivity contribution is 5.90. The first-order chi connectivity index (χ1) is 8.93. The van der Waals surface area contributed by atoms with Gasteiger partial charge in [0.05, 0.1) is 7.11 Å². The van der Waals surface area contributed by atoms with Crippen LogP contribution in [0.4, 0.5) is 13.2 Å². The van der Waals surface area contributed by atoms with Gasteiger partial charge in [0.2, 0.25) is 5.91 Å². The summed E-state index contributed by atoms with van der Waals surface area (Å²) >= 11 is 0. The maximum atomic E-state index is 12.5. The quantitative estimate of drug-likeness (QED) is 0.584. The fourth-order valence-electron chi connectivity index (χ4n) is 1.06. The molecule has 10 heteroatoms. The molecule has 0 heterocycles. The van der Waals surface area contributed by atoms with E-state index in [-0.39, 0.29) is 6.42 Å². The number of nitrogens with one attached hydrogen (secondary N) is 1. The van der Waals surface area contributed by atoms with E-state index in [1.54, 1.807) is 5.32 Å². The van der Waals surface area contributed by atoms with Crippen LogP contribution in [0.2, 0.25) is 0 Å². The van der Waals surface area contributed by atoms with Crippen molar-refractivity contribution >= 4 is 17.8 Å². The maximum Gasteiger partial charge on any atom is 0.415 e. The van der Waals surface area contributed by atoms with Crippen molar-refractivity contribution in [1.82, 2.24) is 5.32 Å². The molecule has 0 radical (unpaired) electrons. The Kier molecular flexibility index (Phi) is 5.95. The molecule has 7 nitrogen and oxygen atoms in total. The monoisotopic (exact) mass is 300 g/mol. The number of methoxy groups -OCH3 is 1. The second-order valence-electron chi connectivity index (χ2n) is 4.18. The first-order valence-corrected chi connectivity index (χ1v) is 5.39. The molecule has 116 valence electrons. The van der Waals surface area contributed by atoms with Gasteiger partial charge in [0.15, 0.2) is 5.54 Å². The summed E-state index contributed by atoms with van der Waals surface area (Å²) in [6, 6.07) is -1.67. The fraction of sp³-hybridized carbons (Fsp3) is 0.700. The average Bonchev–Trinajstić information content (AvgIpc) is 2.31. The Bertz CT molecular complexity index is 395. The molecular weight excluding hydrogens is 285 g/mol. The van der Waals surface area contributed by atoms with Crippen molar-refractivity contribution < 1.29 is 37.4 Å². The number of alkyl halides is 3. The summed E-state index contributed by atoms with van der Waals surface area (Å²) < 4.78 is 41.7. The van der Waals surface area contributed by atoms with E-state index in [0.29, 0.717) is 6.92 Å². The predicted molar refractivity (Wildman–Crippen MR) is 59.5 cm³/mol. The normalized spacial score (nSPS) is 15.9. The lowest BCUT2D eigenvalue weighted by atomic mass is 10.0. The van der Waals surface area contributed by atoms with Crippen LogP contribution < -0.4 is 11.1 Å². The van der Waals surface area contributed by atoms with Crippen molar-refractivity contribution in [3.63, 3.8) is 0 Å². The summed E-state index contributed by atoms with van der Waals surface area (Å²) in [5, 5.41) is 10.4. The molecule has 0 aromatic heterocycles. The highest BCUT2D eigenvalue weighted by Crippen LogP contribution is 2.28. The Morgan fingerprint density at radius 3 is 2.20 bits per heavy atom. The number of hydrogen-bond donors (Lipinski definition) is 3. The predicted octanol–water partition coefficient (Wildman–Crippen LogP) is -0.211. The molecule has 0 aliphatic rings. The number of ether oxygens (including phenoxy) is 1. The van der Waals surface area contributed by atoms with Gasteiger partial charge in [0.1, 0.15) is 6.04 Å². The highest BCUT2D eigenvalue weighted by Gasteiger charge is 2.54. The van der Waals surface area contributed by atoms with E-state index < -0.39 is 42.0 Å². The number of nitrogens with two attached hydrogens (primary N) is 1. The molecule has 4 N–H and O–H groups in total. The van der Waals surface area contributed by atoms with Crippen molar-refractivity contribution in [3.05, 3.63) is 0 Å². The SMILES string of the molecule is COC(=O)CCC(NC(=O)C(C)(N)C(F)(F)F)C(=O)O. The standard InChI is InChI=1S/C10H15F3N2O5/c1-9(14,10(11,12)13)8(19)15-5(7(17)18)3-4-6(16)20-2/h5H,3-4,14H2,1-2H3,(H,15,19)(H,17,18). The lowest BCUT2D eigenvalue weighted by Gasteiger charge is -2.27. The topological polar surface area (TPSA) is 119 Å². The second kappa shape index (κ2) is 6.55. The second-order valence-corrected chi connectivity index (χ2v) is 4.18. The Morgan fingerprint density at radius 2 is 1.85 bits per heavy atom. The number of rotatable bonds is 6. The molecule has 0 fully saturated rings. The molecule has 2 unspecified atom stereocenters. The minimum atomic E-state index is -5.04. The van der Waals surface area contributed by atoms with E-state index in [1.807, 2.05) is 0 Å². The molecule has 0 aromatic carbocycles. The Morgan fingerprint density at radius 1 is 1.35 bits per heavy atom. The molecule has 0 aliphatic carbocycles. The van der Waals surface area contributed by atoms with E-state index >= 15 is 0 Å². The molecule has 0 rings (SSSR count). The number of amides is 1. The van der Waals surface area contributed by atoms with Crippen molar-refractivity contribution in [2.75, 3.05) is 7.11 Å². The van der Waals surface area contributed by atoms with Crippen LogP contribution in [0.15, 0.2) is 0 Å². The van der Waals surface area contributed by atoms with Crippen LogP contribution in [0.3, 0.4) is 0 Å². The lowest BCUT2D eigenvalue weighted by molar-refractivity contribution is -0.188. The van der Waals surface area contributed by atoms with Crippen LogP contribution in [0.1, 0.15) is 19.8 Å². The van der Waals surface area contributed by atoms with Crippen LogP contribution in [0.25, 0.3) is 0 Å². The number of carbonyl (C=O) groups is 3.